The van der Waals surface area contributed by atoms with Gasteiger partial charge in [-0.2, -0.15) is 0 Å². The predicted molar refractivity (Wildman–Crippen MR) is 19.9 cm³/mol. The molecule has 0 aliphatic carbocycles. The van der Waals surface area contributed by atoms with Crippen molar-refractivity contribution in [1.82, 2.24) is 0 Å². The van der Waals surface area contributed by atoms with Crippen LogP contribution in [0, 0.1) is 47.3 Å². The van der Waals surface area contributed by atoms with E-state index >= 15 is 0 Å². The molecule has 10 heavy (non-hydrogen) atoms. The third-order valence-electron chi connectivity index (χ3n) is 0. The number of hydrogen-bond acceptors (Lipinski definition) is 4. The van der Waals surface area contributed by atoms with Gasteiger partial charge in [0.1, 0.15) is 0 Å². The Hall–Kier alpha value is 0.337. The molecule has 0 N–H and O–H groups in total. The molecule has 48 valence electrons. The molecule has 0 aromatic heterocycles. The zero-order chi connectivity index (χ0) is 8.00. The fourth-order valence-electron chi connectivity index (χ4n) is 0. The Morgan fingerprint density at radius 3 is 0.500 bits per heavy atom. The summed E-state index contributed by atoms with van der Waals surface area (Å²) in [5, 5.41) is 25.0. The summed E-state index contributed by atoms with van der Waals surface area (Å²) in [6.45, 7) is 19.0. The molecule has 0 saturated heterocycles. The van der Waals surface area contributed by atoms with Crippen molar-refractivity contribution in [3.8, 4) is 0 Å². The molecule has 0 saturated carbocycles. The van der Waals surface area contributed by atoms with Gasteiger partial charge in [-0.25, -0.2) is 0 Å². The minimum Gasteiger partial charge on any atom is -0.512 e. The van der Waals surface area contributed by atoms with E-state index in [0.717, 1.165) is 0 Å². The van der Waals surface area contributed by atoms with E-state index in [1.54, 1.807) is 0 Å². The van der Waals surface area contributed by atoms with Crippen molar-refractivity contribution in [2.45, 2.75) is 0 Å². The van der Waals surface area contributed by atoms with Crippen molar-refractivity contribution in [3.63, 3.8) is 0 Å². The van der Waals surface area contributed by atoms with Crippen molar-refractivity contribution < 1.29 is 73.8 Å². The topological polar surface area (TPSA) is 95.2 Å². The molecule has 0 bridgehead atoms. The Labute approximate surface area is 119 Å². The summed E-state index contributed by atoms with van der Waals surface area (Å²) < 4.78 is 0. The standard InChI is InChI=1S/4CN.Au.K/c4*1-2;;/q4*-1;+3;+1. The Morgan fingerprint density at radius 2 is 0.500 bits per heavy atom. The van der Waals surface area contributed by atoms with E-state index in [4.69, 9.17) is 47.3 Å². The first-order valence-electron chi connectivity index (χ1n) is 0.894. The summed E-state index contributed by atoms with van der Waals surface area (Å²) in [4.78, 5) is 0. The van der Waals surface area contributed by atoms with Gasteiger partial charge in [0.2, 0.25) is 0 Å². The molecule has 4 nitrogen and oxygen atoms in total. The molecule has 0 rings (SSSR count). The van der Waals surface area contributed by atoms with E-state index in [2.05, 4.69) is 0 Å². The molecule has 0 unspecified atom stereocenters. The van der Waals surface area contributed by atoms with Gasteiger partial charge in [-0.15, -0.1) is 0 Å². The van der Waals surface area contributed by atoms with Crippen LogP contribution in [0.4, 0.5) is 0 Å². The fraction of sp³-hybridized carbons (Fsp3) is 0. The van der Waals surface area contributed by atoms with Crippen LogP contribution in [0.5, 0.6) is 0 Å². The Bertz CT molecular complexity index is 60.2. The predicted octanol–water partition coefficient (Wildman–Crippen LogP) is -2.61. The molecule has 0 amide bonds. The van der Waals surface area contributed by atoms with E-state index in [1.807, 2.05) is 0 Å². The maximum absolute atomic E-state index is 6.25. The molecule has 0 radical (unpaired) electrons. The van der Waals surface area contributed by atoms with Crippen molar-refractivity contribution in [2.24, 2.45) is 0 Å². The smallest absolute Gasteiger partial charge is 0.512 e. The largest absolute Gasteiger partial charge is 3.00 e. The monoisotopic (exact) mass is 340 g/mol. The molecule has 0 heterocycles. The van der Waals surface area contributed by atoms with Crippen LogP contribution in [0.25, 0.3) is 0 Å². The van der Waals surface area contributed by atoms with Gasteiger partial charge in [-0.05, 0) is 0 Å². The van der Waals surface area contributed by atoms with Crippen LogP contribution < -0.4 is 51.4 Å². The second kappa shape index (κ2) is 5730. The molecule has 0 aliphatic rings. The second-order valence-corrected chi connectivity index (χ2v) is 0. The van der Waals surface area contributed by atoms with Crippen LogP contribution >= 0.6 is 0 Å². The quantitative estimate of drug-likeness (QED) is 0.357. The third-order valence-corrected chi connectivity index (χ3v) is 0. The molecule has 0 fully saturated rings. The molecule has 0 aromatic carbocycles. The van der Waals surface area contributed by atoms with Gasteiger partial charge in [0.25, 0.3) is 0 Å². The maximum atomic E-state index is 6.25. The van der Waals surface area contributed by atoms with Crippen LogP contribution in [0.15, 0.2) is 0 Å². The summed E-state index contributed by atoms with van der Waals surface area (Å²) in [7, 11) is 0. The number of hydrogen-bond donors (Lipinski definition) is 0. The van der Waals surface area contributed by atoms with E-state index in [9.17, 15) is 0 Å². The van der Waals surface area contributed by atoms with E-state index < -0.39 is 0 Å². The number of nitrogens with zero attached hydrogens (tertiary/aromatic N) is 4. The molecule has 0 aromatic rings. The third kappa shape index (κ3) is 3960. The van der Waals surface area contributed by atoms with Crippen molar-refractivity contribution in [3.05, 3.63) is 26.3 Å². The second-order valence-electron chi connectivity index (χ2n) is 0. The first-order valence-corrected chi connectivity index (χ1v) is 0.894. The first kappa shape index (κ1) is 47.9. The van der Waals surface area contributed by atoms with Crippen molar-refractivity contribution in [2.75, 3.05) is 0 Å². The summed E-state index contributed by atoms with van der Waals surface area (Å²) >= 11 is 0. The van der Waals surface area contributed by atoms with Gasteiger partial charge in [-0.1, -0.05) is 0 Å². The maximum Gasteiger partial charge on any atom is 3.00 e. The van der Waals surface area contributed by atoms with E-state index in [0.29, 0.717) is 0 Å². The molecule has 6 heteroatoms. The SMILES string of the molecule is [Au+3].[C-]#N.[C-]#N.[C-]#N.[C-]#N.[K+]. The van der Waals surface area contributed by atoms with Gasteiger partial charge in [0.05, 0.1) is 0 Å². The molecule has 0 aliphatic heterocycles. The van der Waals surface area contributed by atoms with Crippen LogP contribution in [0.1, 0.15) is 0 Å². The molecule has 0 spiro atoms. The van der Waals surface area contributed by atoms with Gasteiger partial charge in [0, 0.05) is 0 Å². The summed E-state index contributed by atoms with van der Waals surface area (Å²) in [5.74, 6) is 0. The van der Waals surface area contributed by atoms with E-state index in [-0.39, 0.29) is 73.8 Å². The Kier molecular flexibility index (Phi) is 27400. The minimum atomic E-state index is 0. The van der Waals surface area contributed by atoms with Gasteiger partial charge in [0.15, 0.2) is 0 Å². The van der Waals surface area contributed by atoms with Crippen LogP contribution in [-0.4, -0.2) is 0 Å². The minimum absolute atomic E-state index is 0. The first-order chi connectivity index (χ1) is 4.00. The molecular formula is C4AuKN4. The fourth-order valence-corrected chi connectivity index (χ4v) is 0. The van der Waals surface area contributed by atoms with Gasteiger partial charge >= 0.3 is 73.8 Å². The van der Waals surface area contributed by atoms with Crippen molar-refractivity contribution >= 4 is 0 Å². The normalized spacial score (nSPS) is 0.800. The summed E-state index contributed by atoms with van der Waals surface area (Å²) in [6, 6.07) is 0. The average molecular weight is 340 g/mol. The zero-order valence-electron chi connectivity index (χ0n) is 5.09. The molecular weight excluding hydrogens is 340 g/mol. The Morgan fingerprint density at radius 1 is 0.500 bits per heavy atom. The van der Waals surface area contributed by atoms with Crippen LogP contribution in [0.2, 0.25) is 0 Å². The van der Waals surface area contributed by atoms with Crippen molar-refractivity contribution in [1.29, 1.82) is 21.0 Å². The van der Waals surface area contributed by atoms with Gasteiger partial charge in [-0.3, -0.25) is 0 Å². The molecule has 0 atom stereocenters. The van der Waals surface area contributed by atoms with E-state index in [1.165, 1.54) is 0 Å². The zero-order valence-corrected chi connectivity index (χ0v) is 10.4. The summed E-state index contributed by atoms with van der Waals surface area (Å²) in [5.41, 5.74) is 0. The average Bonchev–Trinajstić information content (AvgIpc) is 2.03. The summed E-state index contributed by atoms with van der Waals surface area (Å²) in [6.07, 6.45) is 0. The number of rotatable bonds is 0. The van der Waals surface area contributed by atoms with Gasteiger partial charge < -0.3 is 47.3 Å². The van der Waals surface area contributed by atoms with Crippen LogP contribution in [0.3, 0.4) is 0 Å². The Balaban J connectivity index is -0.00000000500. The van der Waals surface area contributed by atoms with Crippen LogP contribution in [-0.2, 0) is 22.4 Å².